The summed E-state index contributed by atoms with van der Waals surface area (Å²) < 4.78 is 0. The fourth-order valence-electron chi connectivity index (χ4n) is 2.08. The van der Waals surface area contributed by atoms with Crippen molar-refractivity contribution < 1.29 is 0 Å². The lowest BCUT2D eigenvalue weighted by molar-refractivity contribution is 0.475. The fraction of sp³-hybridized carbons (Fsp3) is 1.00. The number of nitrogens with one attached hydrogen (secondary N) is 1. The van der Waals surface area contributed by atoms with E-state index in [1.54, 1.807) is 0 Å². The summed E-state index contributed by atoms with van der Waals surface area (Å²) in [5, 5.41) is 3.47. The van der Waals surface area contributed by atoms with E-state index < -0.39 is 0 Å². The van der Waals surface area contributed by atoms with Crippen LogP contribution < -0.4 is 5.32 Å². The number of hydrogen-bond donors (Lipinski definition) is 1. The van der Waals surface area contributed by atoms with Gasteiger partial charge in [0.25, 0.3) is 0 Å². The Morgan fingerprint density at radius 1 is 1.12 bits per heavy atom. The smallest absolute Gasteiger partial charge is 0.0252 e. The van der Waals surface area contributed by atoms with Crippen LogP contribution in [0.4, 0.5) is 0 Å². The molecule has 0 bridgehead atoms. The zero-order valence-electron chi connectivity index (χ0n) is 5.52. The number of fused-ring (bicyclic) bond motifs is 1. The average molecular weight is 111 g/mol. The quantitative estimate of drug-likeness (QED) is 0.463. The molecule has 0 aromatic heterocycles. The van der Waals surface area contributed by atoms with Gasteiger partial charge < -0.3 is 5.32 Å². The third-order valence-electron chi connectivity index (χ3n) is 2.63. The number of hydrogen-bond acceptors (Lipinski definition) is 1. The number of piperidine rings is 1. The summed E-state index contributed by atoms with van der Waals surface area (Å²) >= 11 is 0. The van der Waals surface area contributed by atoms with Crippen molar-refractivity contribution in [3.05, 3.63) is 0 Å². The first-order valence-corrected chi connectivity index (χ1v) is 3.55. The standard InChI is InChI=1S/C7H13N/c1-4-3-5(2)7-6(4)8-7/h4-8H,3H2,1-2H3/t4-,5?,6-,7?/m0/s1. The molecule has 0 amide bonds. The van der Waals surface area contributed by atoms with Gasteiger partial charge >= 0.3 is 0 Å². The van der Waals surface area contributed by atoms with Crippen molar-refractivity contribution in [3.63, 3.8) is 0 Å². The predicted molar refractivity (Wildman–Crippen MR) is 33.7 cm³/mol. The lowest BCUT2D eigenvalue weighted by Gasteiger charge is -2.05. The molecule has 0 radical (unpaired) electrons. The molecule has 1 nitrogen and oxygen atoms in total. The van der Waals surface area contributed by atoms with E-state index in [-0.39, 0.29) is 0 Å². The van der Waals surface area contributed by atoms with Crippen LogP contribution in [0.15, 0.2) is 0 Å². The third kappa shape index (κ3) is 0.455. The van der Waals surface area contributed by atoms with Gasteiger partial charge in [-0.1, -0.05) is 13.8 Å². The van der Waals surface area contributed by atoms with Gasteiger partial charge in [0.1, 0.15) is 0 Å². The summed E-state index contributed by atoms with van der Waals surface area (Å²) in [4.78, 5) is 0. The molecule has 2 fully saturated rings. The van der Waals surface area contributed by atoms with Crippen molar-refractivity contribution in [2.24, 2.45) is 11.8 Å². The second kappa shape index (κ2) is 1.27. The van der Waals surface area contributed by atoms with Crippen molar-refractivity contribution in [3.8, 4) is 0 Å². The first kappa shape index (κ1) is 4.80. The lowest BCUT2D eigenvalue weighted by atomic mass is 10.1. The van der Waals surface area contributed by atoms with Gasteiger partial charge in [-0.3, -0.25) is 0 Å². The molecule has 8 heavy (non-hydrogen) atoms. The Morgan fingerprint density at radius 3 is 1.75 bits per heavy atom. The Labute approximate surface area is 50.5 Å². The largest absolute Gasteiger partial charge is 0.308 e. The summed E-state index contributed by atoms with van der Waals surface area (Å²) in [6, 6.07) is 1.81. The van der Waals surface area contributed by atoms with E-state index in [9.17, 15) is 0 Å². The molecule has 2 aliphatic rings. The highest BCUT2D eigenvalue weighted by atomic mass is 15.2. The SMILES string of the molecule is CC1C[C@H](C)[C@@H]2NC12. The van der Waals surface area contributed by atoms with E-state index >= 15 is 0 Å². The molecule has 1 aliphatic heterocycles. The van der Waals surface area contributed by atoms with Gasteiger partial charge in [0.2, 0.25) is 0 Å². The van der Waals surface area contributed by atoms with Crippen LogP contribution in [0.2, 0.25) is 0 Å². The van der Waals surface area contributed by atoms with Crippen LogP contribution >= 0.6 is 0 Å². The number of rotatable bonds is 0. The van der Waals surface area contributed by atoms with Crippen LogP contribution in [0.1, 0.15) is 20.3 Å². The van der Waals surface area contributed by atoms with Crippen LogP contribution in [-0.2, 0) is 0 Å². The lowest BCUT2D eigenvalue weighted by Crippen LogP contribution is -2.07. The monoisotopic (exact) mass is 111 g/mol. The molecule has 1 saturated carbocycles. The van der Waals surface area contributed by atoms with E-state index in [2.05, 4.69) is 19.2 Å². The van der Waals surface area contributed by atoms with Crippen LogP contribution in [-0.4, -0.2) is 12.1 Å². The molecule has 46 valence electrons. The van der Waals surface area contributed by atoms with Gasteiger partial charge in [0, 0.05) is 12.1 Å². The third-order valence-corrected chi connectivity index (χ3v) is 2.63. The molecule has 4 atom stereocenters. The van der Waals surface area contributed by atoms with Gasteiger partial charge in [0.15, 0.2) is 0 Å². The maximum atomic E-state index is 3.47. The van der Waals surface area contributed by atoms with E-state index in [0.717, 1.165) is 23.9 Å². The highest BCUT2D eigenvalue weighted by molar-refractivity contribution is 5.09. The Balaban J connectivity index is 2.09. The summed E-state index contributed by atoms with van der Waals surface area (Å²) in [5.41, 5.74) is 0. The molecule has 1 aliphatic carbocycles. The van der Waals surface area contributed by atoms with Crippen LogP contribution in [0, 0.1) is 11.8 Å². The Morgan fingerprint density at radius 2 is 1.62 bits per heavy atom. The van der Waals surface area contributed by atoms with Gasteiger partial charge in [-0.15, -0.1) is 0 Å². The maximum absolute atomic E-state index is 3.47. The molecule has 1 N–H and O–H groups in total. The molecule has 1 saturated heterocycles. The zero-order valence-corrected chi connectivity index (χ0v) is 5.52. The molecule has 1 heterocycles. The van der Waals surface area contributed by atoms with Crippen LogP contribution in [0.5, 0.6) is 0 Å². The minimum Gasteiger partial charge on any atom is -0.308 e. The molecule has 0 spiro atoms. The van der Waals surface area contributed by atoms with Gasteiger partial charge in [0.05, 0.1) is 0 Å². The van der Waals surface area contributed by atoms with Gasteiger partial charge in [-0.2, -0.15) is 0 Å². The van der Waals surface area contributed by atoms with Crippen molar-refractivity contribution in [2.45, 2.75) is 32.4 Å². The first-order chi connectivity index (χ1) is 3.79. The summed E-state index contributed by atoms with van der Waals surface area (Å²) in [5.74, 6) is 1.91. The van der Waals surface area contributed by atoms with Crippen LogP contribution in [0.3, 0.4) is 0 Å². The second-order valence-corrected chi connectivity index (χ2v) is 3.41. The van der Waals surface area contributed by atoms with E-state index in [1.165, 1.54) is 6.42 Å². The average Bonchev–Trinajstić information content (AvgIpc) is 2.35. The van der Waals surface area contributed by atoms with Crippen molar-refractivity contribution in [2.75, 3.05) is 0 Å². The normalized spacial score (nSPS) is 60.8. The molecule has 2 unspecified atom stereocenters. The minimum absolute atomic E-state index is 0.907. The predicted octanol–water partition coefficient (Wildman–Crippen LogP) is 1.00. The Hall–Kier alpha value is -0.0400. The molecular weight excluding hydrogens is 98.1 g/mol. The molecular formula is C7H13N. The van der Waals surface area contributed by atoms with E-state index in [0.29, 0.717) is 0 Å². The molecule has 1 heteroatoms. The highest BCUT2D eigenvalue weighted by Crippen LogP contribution is 2.39. The first-order valence-electron chi connectivity index (χ1n) is 3.55. The van der Waals surface area contributed by atoms with Crippen LogP contribution in [0.25, 0.3) is 0 Å². The van der Waals surface area contributed by atoms with Crippen molar-refractivity contribution in [1.82, 2.24) is 5.32 Å². The van der Waals surface area contributed by atoms with Gasteiger partial charge in [-0.25, -0.2) is 0 Å². The van der Waals surface area contributed by atoms with E-state index in [4.69, 9.17) is 0 Å². The van der Waals surface area contributed by atoms with Crippen molar-refractivity contribution in [1.29, 1.82) is 0 Å². The Kier molecular flexibility index (Phi) is 0.762. The summed E-state index contributed by atoms with van der Waals surface area (Å²) in [6.07, 6.45) is 1.45. The van der Waals surface area contributed by atoms with E-state index in [1.807, 2.05) is 0 Å². The molecule has 0 aromatic carbocycles. The Bertz CT molecular complexity index is 95.0. The topological polar surface area (TPSA) is 21.9 Å². The van der Waals surface area contributed by atoms with Crippen molar-refractivity contribution >= 4 is 0 Å². The molecule has 2 rings (SSSR count). The highest BCUT2D eigenvalue weighted by Gasteiger charge is 2.49. The zero-order chi connectivity index (χ0) is 5.72. The fourth-order valence-corrected chi connectivity index (χ4v) is 2.08. The van der Waals surface area contributed by atoms with Gasteiger partial charge in [-0.05, 0) is 18.3 Å². The maximum Gasteiger partial charge on any atom is 0.0252 e. The summed E-state index contributed by atoms with van der Waals surface area (Å²) in [7, 11) is 0. The summed E-state index contributed by atoms with van der Waals surface area (Å²) in [6.45, 7) is 4.70. The molecule has 0 aromatic rings. The minimum atomic E-state index is 0.907. The second-order valence-electron chi connectivity index (χ2n) is 3.41.